The summed E-state index contributed by atoms with van der Waals surface area (Å²) in [6.45, 7) is 0.308. The Bertz CT molecular complexity index is 642. The van der Waals surface area contributed by atoms with Crippen LogP contribution in [0.5, 0.6) is 0 Å². The van der Waals surface area contributed by atoms with Crippen LogP contribution in [0, 0.1) is 10.1 Å². The number of H-pyrrole nitrogens is 1. The van der Waals surface area contributed by atoms with E-state index in [-0.39, 0.29) is 17.6 Å². The zero-order valence-electron chi connectivity index (χ0n) is 10.6. The van der Waals surface area contributed by atoms with E-state index in [1.54, 1.807) is 16.8 Å². The summed E-state index contributed by atoms with van der Waals surface area (Å²) in [6, 6.07) is 3.28. The van der Waals surface area contributed by atoms with Crippen LogP contribution in [-0.2, 0) is 6.54 Å². The topological polar surface area (TPSA) is 106 Å². The number of rotatable bonds is 5. The number of aromatic nitrogens is 3. The first-order valence-electron chi connectivity index (χ1n) is 6.28. The van der Waals surface area contributed by atoms with Crippen molar-refractivity contribution in [1.29, 1.82) is 0 Å². The summed E-state index contributed by atoms with van der Waals surface area (Å²) in [7, 11) is 0. The zero-order chi connectivity index (χ0) is 14.1. The number of aromatic amines is 1. The van der Waals surface area contributed by atoms with E-state index >= 15 is 0 Å². The van der Waals surface area contributed by atoms with E-state index in [1.165, 1.54) is 12.3 Å². The van der Waals surface area contributed by atoms with Gasteiger partial charge in [-0.2, -0.15) is 5.10 Å². The van der Waals surface area contributed by atoms with Gasteiger partial charge in [0, 0.05) is 18.3 Å². The predicted octanol–water partition coefficient (Wildman–Crippen LogP) is 1.38. The van der Waals surface area contributed by atoms with Crippen LogP contribution < -0.4 is 5.32 Å². The molecule has 1 amide bonds. The van der Waals surface area contributed by atoms with Gasteiger partial charge in [0.05, 0.1) is 23.4 Å². The van der Waals surface area contributed by atoms with E-state index < -0.39 is 4.92 Å². The minimum atomic E-state index is -0.482. The SMILES string of the molecule is O=C(NCc1ccn[nH]1)c1cc([N+](=O)[O-])cn1C1CC1. The Morgan fingerprint density at radius 3 is 3.00 bits per heavy atom. The lowest BCUT2D eigenvalue weighted by molar-refractivity contribution is -0.384. The molecule has 1 fully saturated rings. The minimum Gasteiger partial charge on any atom is -0.345 e. The monoisotopic (exact) mass is 275 g/mol. The van der Waals surface area contributed by atoms with Crippen molar-refractivity contribution < 1.29 is 9.72 Å². The van der Waals surface area contributed by atoms with Crippen LogP contribution >= 0.6 is 0 Å². The highest BCUT2D eigenvalue weighted by Crippen LogP contribution is 2.37. The molecule has 1 aliphatic rings. The first-order chi connectivity index (χ1) is 9.65. The molecule has 0 unspecified atom stereocenters. The molecule has 2 aromatic heterocycles. The molecule has 2 N–H and O–H groups in total. The number of hydrogen-bond acceptors (Lipinski definition) is 4. The quantitative estimate of drug-likeness (QED) is 0.635. The van der Waals surface area contributed by atoms with Crippen LogP contribution in [0.4, 0.5) is 5.69 Å². The van der Waals surface area contributed by atoms with E-state index in [0.717, 1.165) is 18.5 Å². The highest BCUT2D eigenvalue weighted by Gasteiger charge is 2.30. The Morgan fingerprint density at radius 2 is 2.40 bits per heavy atom. The lowest BCUT2D eigenvalue weighted by Gasteiger charge is -2.07. The van der Waals surface area contributed by atoms with Crippen LogP contribution in [0.1, 0.15) is 35.1 Å². The molecule has 20 heavy (non-hydrogen) atoms. The molecule has 0 bridgehead atoms. The molecule has 8 heteroatoms. The third-order valence-electron chi connectivity index (χ3n) is 3.22. The van der Waals surface area contributed by atoms with Crippen LogP contribution in [0.15, 0.2) is 24.5 Å². The summed E-state index contributed by atoms with van der Waals surface area (Å²) >= 11 is 0. The summed E-state index contributed by atoms with van der Waals surface area (Å²) in [4.78, 5) is 22.5. The summed E-state index contributed by atoms with van der Waals surface area (Å²) in [6.07, 6.45) is 4.93. The van der Waals surface area contributed by atoms with E-state index in [9.17, 15) is 14.9 Å². The van der Waals surface area contributed by atoms with E-state index in [4.69, 9.17) is 0 Å². The van der Waals surface area contributed by atoms with Gasteiger partial charge in [-0.05, 0) is 18.9 Å². The normalized spacial score (nSPS) is 14.2. The fraction of sp³-hybridized carbons (Fsp3) is 0.333. The second-order valence-corrected chi connectivity index (χ2v) is 4.74. The number of hydrogen-bond donors (Lipinski definition) is 2. The molecule has 0 radical (unpaired) electrons. The minimum absolute atomic E-state index is 0.0522. The maximum Gasteiger partial charge on any atom is 0.287 e. The van der Waals surface area contributed by atoms with Crippen LogP contribution in [0.25, 0.3) is 0 Å². The second kappa shape index (κ2) is 4.80. The van der Waals surface area contributed by atoms with E-state index in [0.29, 0.717) is 12.2 Å². The number of amides is 1. The molecule has 0 spiro atoms. The Labute approximate surface area is 113 Å². The number of nitrogens with one attached hydrogen (secondary N) is 2. The zero-order valence-corrected chi connectivity index (χ0v) is 10.6. The van der Waals surface area contributed by atoms with Gasteiger partial charge < -0.3 is 9.88 Å². The maximum atomic E-state index is 12.1. The second-order valence-electron chi connectivity index (χ2n) is 4.74. The van der Waals surface area contributed by atoms with Gasteiger partial charge in [-0.15, -0.1) is 0 Å². The Kier molecular flexibility index (Phi) is 2.97. The predicted molar refractivity (Wildman–Crippen MR) is 69.1 cm³/mol. The standard InChI is InChI=1S/C12H13N5O3/c18-12(13-6-8-3-4-14-15-8)11-5-10(17(19)20)7-16(11)9-1-2-9/h3-5,7,9H,1-2,6H2,(H,13,18)(H,14,15). The third kappa shape index (κ3) is 2.40. The van der Waals surface area contributed by atoms with Crippen molar-refractivity contribution in [3.63, 3.8) is 0 Å². The molecule has 1 saturated carbocycles. The summed E-state index contributed by atoms with van der Waals surface area (Å²) in [5.74, 6) is -0.320. The first kappa shape index (κ1) is 12.4. The van der Waals surface area contributed by atoms with Crippen LogP contribution in [0.3, 0.4) is 0 Å². The van der Waals surface area contributed by atoms with E-state index in [1.807, 2.05) is 0 Å². The van der Waals surface area contributed by atoms with Crippen molar-refractivity contribution in [2.24, 2.45) is 0 Å². The molecular weight excluding hydrogens is 262 g/mol. The lowest BCUT2D eigenvalue weighted by atomic mass is 10.3. The van der Waals surface area contributed by atoms with Crippen molar-refractivity contribution in [3.8, 4) is 0 Å². The molecular formula is C12H13N5O3. The Morgan fingerprint density at radius 1 is 1.60 bits per heavy atom. The maximum absolute atomic E-state index is 12.1. The fourth-order valence-electron chi connectivity index (χ4n) is 2.05. The number of carbonyl (C=O) groups excluding carboxylic acids is 1. The van der Waals surface area contributed by atoms with Crippen molar-refractivity contribution in [2.45, 2.75) is 25.4 Å². The molecule has 1 aliphatic carbocycles. The van der Waals surface area contributed by atoms with Gasteiger partial charge in [-0.3, -0.25) is 20.0 Å². The van der Waals surface area contributed by atoms with E-state index in [2.05, 4.69) is 15.5 Å². The average Bonchev–Trinajstić information content (AvgIpc) is 2.97. The van der Waals surface area contributed by atoms with Crippen molar-refractivity contribution >= 4 is 11.6 Å². The smallest absolute Gasteiger partial charge is 0.287 e. The molecule has 104 valence electrons. The highest BCUT2D eigenvalue weighted by molar-refractivity contribution is 5.93. The van der Waals surface area contributed by atoms with Gasteiger partial charge in [-0.1, -0.05) is 0 Å². The number of carbonyl (C=O) groups is 1. The molecule has 0 aromatic carbocycles. The molecule has 2 heterocycles. The fourth-order valence-corrected chi connectivity index (χ4v) is 2.05. The number of nitrogens with zero attached hydrogens (tertiary/aromatic N) is 3. The van der Waals surface area contributed by atoms with Crippen molar-refractivity contribution in [2.75, 3.05) is 0 Å². The molecule has 8 nitrogen and oxygen atoms in total. The third-order valence-corrected chi connectivity index (χ3v) is 3.22. The highest BCUT2D eigenvalue weighted by atomic mass is 16.6. The van der Waals surface area contributed by atoms with Gasteiger partial charge in [-0.25, -0.2) is 0 Å². The van der Waals surface area contributed by atoms with Gasteiger partial charge in [0.1, 0.15) is 5.69 Å². The molecule has 0 aliphatic heterocycles. The van der Waals surface area contributed by atoms with Crippen LogP contribution in [-0.4, -0.2) is 25.6 Å². The van der Waals surface area contributed by atoms with Gasteiger partial charge in [0.2, 0.25) is 0 Å². The largest absolute Gasteiger partial charge is 0.345 e. The summed E-state index contributed by atoms with van der Waals surface area (Å²) < 4.78 is 1.69. The van der Waals surface area contributed by atoms with Gasteiger partial charge >= 0.3 is 0 Å². The van der Waals surface area contributed by atoms with Gasteiger partial charge in [0.15, 0.2) is 0 Å². The molecule has 0 atom stereocenters. The van der Waals surface area contributed by atoms with Crippen molar-refractivity contribution in [3.05, 3.63) is 46.0 Å². The molecule has 0 saturated heterocycles. The van der Waals surface area contributed by atoms with Crippen LogP contribution in [0.2, 0.25) is 0 Å². The first-order valence-corrected chi connectivity index (χ1v) is 6.28. The summed E-state index contributed by atoms with van der Waals surface area (Å²) in [5.41, 5.74) is 1.06. The van der Waals surface area contributed by atoms with Crippen molar-refractivity contribution in [1.82, 2.24) is 20.1 Å². The Hall–Kier alpha value is -2.64. The van der Waals surface area contributed by atoms with Gasteiger partial charge in [0.25, 0.3) is 11.6 Å². The molecule has 2 aromatic rings. The average molecular weight is 275 g/mol. The summed E-state index contributed by atoms with van der Waals surface area (Å²) in [5, 5.41) is 20.1. The lowest BCUT2D eigenvalue weighted by Crippen LogP contribution is -2.25. The Balaban J connectivity index is 1.77. The number of nitro groups is 1. The molecule has 3 rings (SSSR count).